The zero-order chi connectivity index (χ0) is 13.9. The van der Waals surface area contributed by atoms with Gasteiger partial charge in [0.2, 0.25) is 0 Å². The van der Waals surface area contributed by atoms with E-state index in [0.717, 1.165) is 17.4 Å². The van der Waals surface area contributed by atoms with E-state index in [1.165, 1.54) is 35.3 Å². The lowest BCUT2D eigenvalue weighted by molar-refractivity contribution is 0.762. The summed E-state index contributed by atoms with van der Waals surface area (Å²) >= 11 is 3.60. The second-order valence-corrected chi connectivity index (χ2v) is 6.11. The molecule has 3 rings (SSSR count). The minimum Gasteiger partial charge on any atom is -0.341 e. The molecule has 0 fully saturated rings. The fourth-order valence-electron chi connectivity index (χ4n) is 2.94. The van der Waals surface area contributed by atoms with Crippen LogP contribution in [0.2, 0.25) is 0 Å². The number of rotatable bonds is 3. The highest BCUT2D eigenvalue weighted by Crippen LogP contribution is 2.36. The van der Waals surface area contributed by atoms with Gasteiger partial charge in [-0.15, -0.1) is 0 Å². The molecule has 20 heavy (non-hydrogen) atoms. The van der Waals surface area contributed by atoms with Gasteiger partial charge < -0.3 is 10.6 Å². The molecular weight excluding hydrogens is 312 g/mol. The van der Waals surface area contributed by atoms with Crippen molar-refractivity contribution in [2.24, 2.45) is 5.73 Å². The maximum absolute atomic E-state index is 5.76. The predicted molar refractivity (Wildman–Crippen MR) is 88.7 cm³/mol. The minimum atomic E-state index is 0.685. The van der Waals surface area contributed by atoms with E-state index in [-0.39, 0.29) is 0 Å². The van der Waals surface area contributed by atoms with Crippen LogP contribution in [0.25, 0.3) is 0 Å². The highest BCUT2D eigenvalue weighted by molar-refractivity contribution is 9.10. The molecule has 2 nitrogen and oxygen atoms in total. The lowest BCUT2D eigenvalue weighted by Gasteiger charge is -2.33. The van der Waals surface area contributed by atoms with Crippen molar-refractivity contribution in [3.8, 4) is 0 Å². The largest absolute Gasteiger partial charge is 0.341 e. The third kappa shape index (κ3) is 2.60. The molecule has 104 valence electrons. The first-order chi connectivity index (χ1) is 9.79. The first-order valence-electron chi connectivity index (χ1n) is 7.13. The first-order valence-corrected chi connectivity index (χ1v) is 7.93. The predicted octanol–water partition coefficient (Wildman–Crippen LogP) is 4.03. The zero-order valence-corrected chi connectivity index (χ0v) is 13.1. The number of para-hydroxylation sites is 1. The van der Waals surface area contributed by atoms with Crippen LogP contribution in [0.1, 0.15) is 17.5 Å². The van der Waals surface area contributed by atoms with Gasteiger partial charge >= 0.3 is 0 Å². The summed E-state index contributed by atoms with van der Waals surface area (Å²) in [4.78, 5) is 2.44. The van der Waals surface area contributed by atoms with E-state index in [1.54, 1.807) is 0 Å². The Morgan fingerprint density at radius 2 is 1.95 bits per heavy atom. The topological polar surface area (TPSA) is 29.3 Å². The van der Waals surface area contributed by atoms with Crippen molar-refractivity contribution in [3.05, 3.63) is 58.1 Å². The van der Waals surface area contributed by atoms with Crippen molar-refractivity contribution in [1.29, 1.82) is 0 Å². The van der Waals surface area contributed by atoms with Gasteiger partial charge in [-0.25, -0.2) is 0 Å². The van der Waals surface area contributed by atoms with Gasteiger partial charge in [0.25, 0.3) is 0 Å². The van der Waals surface area contributed by atoms with E-state index < -0.39 is 0 Å². The normalized spacial score (nSPS) is 14.2. The number of aryl methyl sites for hydroxylation is 1. The summed E-state index contributed by atoms with van der Waals surface area (Å²) in [6.45, 7) is 1.76. The highest BCUT2D eigenvalue weighted by atomic mass is 79.9. The van der Waals surface area contributed by atoms with Crippen LogP contribution in [0.15, 0.2) is 46.9 Å². The molecule has 2 N–H and O–H groups in total. The van der Waals surface area contributed by atoms with Crippen LogP contribution in [0.5, 0.6) is 0 Å². The molecule has 1 heterocycles. The van der Waals surface area contributed by atoms with Crippen LogP contribution >= 0.6 is 15.9 Å². The fraction of sp³-hybridized carbons (Fsp3) is 0.294. The van der Waals surface area contributed by atoms with Gasteiger partial charge in [0.1, 0.15) is 0 Å². The molecule has 0 amide bonds. The van der Waals surface area contributed by atoms with Crippen molar-refractivity contribution in [1.82, 2.24) is 0 Å². The number of anilines is 2. The van der Waals surface area contributed by atoms with E-state index >= 15 is 0 Å². The van der Waals surface area contributed by atoms with Crippen molar-refractivity contribution in [2.45, 2.75) is 19.3 Å². The van der Waals surface area contributed by atoms with Crippen molar-refractivity contribution < 1.29 is 0 Å². The van der Waals surface area contributed by atoms with Gasteiger partial charge in [-0.1, -0.05) is 40.2 Å². The molecule has 0 saturated heterocycles. The third-order valence-corrected chi connectivity index (χ3v) is 4.36. The smallest absolute Gasteiger partial charge is 0.0455 e. The van der Waals surface area contributed by atoms with Gasteiger partial charge in [0, 0.05) is 22.4 Å². The summed E-state index contributed by atoms with van der Waals surface area (Å²) in [7, 11) is 0. The van der Waals surface area contributed by atoms with E-state index in [4.69, 9.17) is 5.73 Å². The summed E-state index contributed by atoms with van der Waals surface area (Å²) in [5.41, 5.74) is 11.2. The highest BCUT2D eigenvalue weighted by Gasteiger charge is 2.19. The molecule has 2 aromatic rings. The van der Waals surface area contributed by atoms with Gasteiger partial charge in [-0.05, 0) is 55.1 Å². The summed E-state index contributed by atoms with van der Waals surface area (Å²) < 4.78 is 1.12. The maximum atomic E-state index is 5.76. The van der Waals surface area contributed by atoms with Crippen LogP contribution in [-0.4, -0.2) is 13.1 Å². The second kappa shape index (κ2) is 5.98. The molecule has 0 aliphatic carbocycles. The molecule has 0 aromatic heterocycles. The number of hydrogen-bond acceptors (Lipinski definition) is 2. The van der Waals surface area contributed by atoms with Crippen LogP contribution in [0, 0.1) is 0 Å². The van der Waals surface area contributed by atoms with Crippen molar-refractivity contribution in [2.75, 3.05) is 18.0 Å². The molecule has 0 spiro atoms. The summed E-state index contributed by atoms with van der Waals surface area (Å²) in [6, 6.07) is 15.2. The molecule has 0 saturated carbocycles. The van der Waals surface area contributed by atoms with Crippen molar-refractivity contribution in [3.63, 3.8) is 0 Å². The third-order valence-electron chi connectivity index (χ3n) is 3.86. The monoisotopic (exact) mass is 330 g/mol. The molecule has 1 aliphatic rings. The molecular formula is C17H19BrN2. The number of benzene rings is 2. The van der Waals surface area contributed by atoms with Gasteiger partial charge in [0.05, 0.1) is 0 Å². The van der Waals surface area contributed by atoms with Crippen LogP contribution < -0.4 is 10.6 Å². The molecule has 3 heteroatoms. The second-order valence-electron chi connectivity index (χ2n) is 5.20. The maximum Gasteiger partial charge on any atom is 0.0455 e. The van der Waals surface area contributed by atoms with E-state index in [9.17, 15) is 0 Å². The van der Waals surface area contributed by atoms with E-state index in [2.05, 4.69) is 63.3 Å². The summed E-state index contributed by atoms with van der Waals surface area (Å²) in [6.07, 6.45) is 3.29. The standard InChI is InChI=1S/C17H19BrN2/c18-15-8-7-14(9-10-19)17(12-15)20-11-3-5-13-4-1-2-6-16(13)20/h1-2,4,6-8,12H,3,5,9-11,19H2. The average molecular weight is 331 g/mol. The van der Waals surface area contributed by atoms with Crippen LogP contribution in [0.3, 0.4) is 0 Å². The number of nitrogens with zero attached hydrogens (tertiary/aromatic N) is 1. The first kappa shape index (κ1) is 13.7. The van der Waals surface area contributed by atoms with E-state index in [0.29, 0.717) is 6.54 Å². The number of fused-ring (bicyclic) bond motifs is 1. The summed E-state index contributed by atoms with van der Waals surface area (Å²) in [5, 5.41) is 0. The van der Waals surface area contributed by atoms with E-state index in [1.807, 2.05) is 0 Å². The number of nitrogens with two attached hydrogens (primary N) is 1. The Morgan fingerprint density at radius 3 is 2.80 bits per heavy atom. The van der Waals surface area contributed by atoms with Gasteiger partial charge in [0.15, 0.2) is 0 Å². The average Bonchev–Trinajstić information content (AvgIpc) is 2.49. The number of halogens is 1. The molecule has 0 atom stereocenters. The Labute approximate surface area is 128 Å². The Hall–Kier alpha value is -1.32. The number of hydrogen-bond donors (Lipinski definition) is 1. The van der Waals surface area contributed by atoms with Crippen LogP contribution in [0.4, 0.5) is 11.4 Å². The molecule has 0 radical (unpaired) electrons. The Bertz CT molecular complexity index is 610. The lowest BCUT2D eigenvalue weighted by atomic mass is 9.99. The SMILES string of the molecule is NCCc1ccc(Br)cc1N1CCCc2ccccc21. The van der Waals surface area contributed by atoms with Crippen molar-refractivity contribution >= 4 is 27.3 Å². The fourth-order valence-corrected chi connectivity index (χ4v) is 3.29. The van der Waals surface area contributed by atoms with Gasteiger partial charge in [-0.3, -0.25) is 0 Å². The summed E-state index contributed by atoms with van der Waals surface area (Å²) in [5.74, 6) is 0. The van der Waals surface area contributed by atoms with Crippen LogP contribution in [-0.2, 0) is 12.8 Å². The van der Waals surface area contributed by atoms with Gasteiger partial charge in [-0.2, -0.15) is 0 Å². The Kier molecular flexibility index (Phi) is 4.08. The quantitative estimate of drug-likeness (QED) is 0.920. The molecule has 1 aliphatic heterocycles. The molecule has 0 unspecified atom stereocenters. The Morgan fingerprint density at radius 1 is 1.10 bits per heavy atom. The molecule has 0 bridgehead atoms. The Balaban J connectivity index is 2.07. The zero-order valence-electron chi connectivity index (χ0n) is 11.5. The molecule has 2 aromatic carbocycles. The lowest BCUT2D eigenvalue weighted by Crippen LogP contribution is -2.25. The minimum absolute atomic E-state index is 0.685.